The van der Waals surface area contributed by atoms with E-state index in [0.29, 0.717) is 16.7 Å². The fourth-order valence-electron chi connectivity index (χ4n) is 2.12. The van der Waals surface area contributed by atoms with Crippen molar-refractivity contribution in [1.82, 2.24) is 0 Å². The zero-order chi connectivity index (χ0) is 14.9. The van der Waals surface area contributed by atoms with E-state index in [-0.39, 0.29) is 5.82 Å². The van der Waals surface area contributed by atoms with Gasteiger partial charge in [-0.15, -0.1) is 0 Å². The number of rotatable bonds is 3. The third-order valence-corrected chi connectivity index (χ3v) is 4.29. The largest absolute Gasteiger partial charge is 0.494 e. The minimum absolute atomic E-state index is 0.269. The fourth-order valence-corrected chi connectivity index (χ4v) is 3.39. The molecule has 0 unspecified atom stereocenters. The van der Waals surface area contributed by atoms with Crippen molar-refractivity contribution in [2.45, 2.75) is 19.8 Å². The van der Waals surface area contributed by atoms with Crippen LogP contribution in [0.15, 0.2) is 34.8 Å². The number of halogens is 3. The Kier molecular flexibility index (Phi) is 4.71. The highest BCUT2D eigenvalue weighted by Gasteiger charge is 2.19. The maximum absolute atomic E-state index is 13.1. The molecule has 0 aromatic heterocycles. The summed E-state index contributed by atoms with van der Waals surface area (Å²) in [6, 6.07) is 8.20. The molecule has 0 spiro atoms. The lowest BCUT2D eigenvalue weighted by Gasteiger charge is -2.18. The van der Waals surface area contributed by atoms with Gasteiger partial charge in [-0.05, 0) is 51.2 Å². The van der Waals surface area contributed by atoms with Crippen LogP contribution in [-0.4, -0.2) is 7.11 Å². The molecule has 0 radical (unpaired) electrons. The van der Waals surface area contributed by atoms with Gasteiger partial charge in [0.05, 0.1) is 12.1 Å². The Balaban J connectivity index is 2.74. The molecule has 0 amide bonds. The molecule has 0 heterocycles. The molecule has 20 heavy (non-hydrogen) atoms. The van der Waals surface area contributed by atoms with Crippen LogP contribution in [0.5, 0.6) is 5.75 Å². The van der Waals surface area contributed by atoms with Gasteiger partial charge in [0.2, 0.25) is 0 Å². The fraction of sp³-hybridized carbons (Fsp3) is 0.250. The normalized spacial score (nSPS) is 10.9. The Morgan fingerprint density at radius 3 is 2.30 bits per heavy atom. The third kappa shape index (κ3) is 2.84. The Morgan fingerprint density at radius 2 is 1.80 bits per heavy atom. The second kappa shape index (κ2) is 6.15. The zero-order valence-corrected chi connectivity index (χ0v) is 13.8. The summed E-state index contributed by atoms with van der Waals surface area (Å²) in [5.74, 6) is 0.636. The first-order valence-corrected chi connectivity index (χ1v) is 7.44. The van der Waals surface area contributed by atoms with Gasteiger partial charge in [-0.25, -0.2) is 4.39 Å². The molecule has 106 valence electrons. The van der Waals surface area contributed by atoms with E-state index >= 15 is 0 Å². The van der Waals surface area contributed by atoms with E-state index in [0.717, 1.165) is 21.2 Å². The number of benzene rings is 2. The molecular weight excluding hydrogens is 343 g/mol. The van der Waals surface area contributed by atoms with Crippen molar-refractivity contribution >= 4 is 27.5 Å². The predicted octanol–water partition coefficient (Wildman–Crippen LogP) is 6.04. The van der Waals surface area contributed by atoms with Crippen LogP contribution in [0.4, 0.5) is 4.39 Å². The molecular formula is C16H15BrClFO. The van der Waals surface area contributed by atoms with E-state index in [1.165, 1.54) is 12.1 Å². The number of ether oxygens (including phenoxy) is 1. The lowest BCUT2D eigenvalue weighted by Crippen LogP contribution is -1.97. The summed E-state index contributed by atoms with van der Waals surface area (Å²) in [5.41, 5.74) is 2.80. The van der Waals surface area contributed by atoms with Gasteiger partial charge in [-0.1, -0.05) is 37.6 Å². The van der Waals surface area contributed by atoms with Crippen LogP contribution in [0.1, 0.15) is 25.3 Å². The summed E-state index contributed by atoms with van der Waals surface area (Å²) in [7, 11) is 1.58. The molecule has 4 heteroatoms. The van der Waals surface area contributed by atoms with Crippen molar-refractivity contribution in [3.05, 3.63) is 51.2 Å². The molecule has 0 N–H and O–H groups in total. The van der Waals surface area contributed by atoms with Crippen LogP contribution in [0.25, 0.3) is 11.1 Å². The van der Waals surface area contributed by atoms with E-state index in [4.69, 9.17) is 16.3 Å². The molecule has 0 fully saturated rings. The lowest BCUT2D eigenvalue weighted by molar-refractivity contribution is 0.416. The average molecular weight is 358 g/mol. The third-order valence-electron chi connectivity index (χ3n) is 3.16. The number of hydrogen-bond acceptors (Lipinski definition) is 1. The predicted molar refractivity (Wildman–Crippen MR) is 85.2 cm³/mol. The van der Waals surface area contributed by atoms with E-state index in [1.54, 1.807) is 19.2 Å². The highest BCUT2D eigenvalue weighted by atomic mass is 79.9. The molecule has 0 saturated heterocycles. The topological polar surface area (TPSA) is 9.23 Å². The summed E-state index contributed by atoms with van der Waals surface area (Å²) in [4.78, 5) is 0. The van der Waals surface area contributed by atoms with Crippen molar-refractivity contribution < 1.29 is 9.13 Å². The second-order valence-corrected chi connectivity index (χ2v) is 6.03. The molecule has 2 aromatic carbocycles. The maximum atomic E-state index is 13.1. The van der Waals surface area contributed by atoms with E-state index in [1.807, 2.05) is 6.07 Å². The van der Waals surface area contributed by atoms with Crippen LogP contribution in [-0.2, 0) is 0 Å². The van der Waals surface area contributed by atoms with Crippen molar-refractivity contribution in [3.63, 3.8) is 0 Å². The quantitative estimate of drug-likeness (QED) is 0.650. The minimum Gasteiger partial charge on any atom is -0.494 e. The summed E-state index contributed by atoms with van der Waals surface area (Å²) in [6.07, 6.45) is 0. The van der Waals surface area contributed by atoms with E-state index in [2.05, 4.69) is 29.8 Å². The molecule has 0 aliphatic rings. The summed E-state index contributed by atoms with van der Waals surface area (Å²) in [5, 5.41) is 0.554. The van der Waals surface area contributed by atoms with Crippen LogP contribution in [0.3, 0.4) is 0 Å². The van der Waals surface area contributed by atoms with Gasteiger partial charge in [0.15, 0.2) is 0 Å². The molecule has 0 atom stereocenters. The van der Waals surface area contributed by atoms with Gasteiger partial charge < -0.3 is 4.74 Å². The molecule has 1 nitrogen and oxygen atoms in total. The van der Waals surface area contributed by atoms with Crippen molar-refractivity contribution in [1.29, 1.82) is 0 Å². The first-order valence-electron chi connectivity index (χ1n) is 6.27. The standard InChI is InChI=1S/C16H15BrClFO/c1-9(2)12-8-13(18)16(20-3)14(15(12)17)10-4-6-11(19)7-5-10/h4-9H,1-3H3. The smallest absolute Gasteiger partial charge is 0.146 e. The highest BCUT2D eigenvalue weighted by molar-refractivity contribution is 9.10. The molecule has 2 rings (SSSR count). The van der Waals surface area contributed by atoms with Gasteiger partial charge in [0.1, 0.15) is 11.6 Å². The number of hydrogen-bond donors (Lipinski definition) is 0. The Hall–Kier alpha value is -1.06. The molecule has 0 bridgehead atoms. The monoisotopic (exact) mass is 356 g/mol. The lowest BCUT2D eigenvalue weighted by atomic mass is 9.96. The molecule has 0 saturated carbocycles. The van der Waals surface area contributed by atoms with E-state index < -0.39 is 0 Å². The first-order chi connectivity index (χ1) is 9.45. The van der Waals surface area contributed by atoms with Crippen molar-refractivity contribution in [3.8, 4) is 16.9 Å². The minimum atomic E-state index is -0.269. The summed E-state index contributed by atoms with van der Waals surface area (Å²) >= 11 is 9.94. The molecule has 0 aliphatic heterocycles. The van der Waals surface area contributed by atoms with Gasteiger partial charge in [-0.3, -0.25) is 0 Å². The van der Waals surface area contributed by atoms with Crippen molar-refractivity contribution in [2.24, 2.45) is 0 Å². The van der Waals surface area contributed by atoms with Crippen LogP contribution < -0.4 is 4.74 Å². The van der Waals surface area contributed by atoms with Crippen LogP contribution in [0.2, 0.25) is 5.02 Å². The average Bonchev–Trinajstić information content (AvgIpc) is 2.41. The van der Waals surface area contributed by atoms with E-state index in [9.17, 15) is 4.39 Å². The Morgan fingerprint density at radius 1 is 1.20 bits per heavy atom. The maximum Gasteiger partial charge on any atom is 0.146 e. The van der Waals surface area contributed by atoms with Gasteiger partial charge in [0, 0.05) is 10.0 Å². The van der Waals surface area contributed by atoms with Gasteiger partial charge in [0.25, 0.3) is 0 Å². The Labute approximate surface area is 131 Å². The molecule has 0 aliphatic carbocycles. The summed E-state index contributed by atoms with van der Waals surface area (Å²) in [6.45, 7) is 4.19. The Bertz CT molecular complexity index is 623. The van der Waals surface area contributed by atoms with Gasteiger partial charge in [-0.2, -0.15) is 0 Å². The van der Waals surface area contributed by atoms with Crippen LogP contribution in [0, 0.1) is 5.82 Å². The zero-order valence-electron chi connectivity index (χ0n) is 11.5. The molecule has 2 aromatic rings. The number of methoxy groups -OCH3 is 1. The van der Waals surface area contributed by atoms with Crippen LogP contribution >= 0.6 is 27.5 Å². The second-order valence-electron chi connectivity index (χ2n) is 4.83. The van der Waals surface area contributed by atoms with Crippen molar-refractivity contribution in [2.75, 3.05) is 7.11 Å². The first kappa shape index (κ1) is 15.3. The summed E-state index contributed by atoms with van der Waals surface area (Å²) < 4.78 is 19.5. The SMILES string of the molecule is COc1c(Cl)cc(C(C)C)c(Br)c1-c1ccc(F)cc1. The van der Waals surface area contributed by atoms with Gasteiger partial charge >= 0.3 is 0 Å². The highest BCUT2D eigenvalue weighted by Crippen LogP contribution is 2.45.